The highest BCUT2D eigenvalue weighted by Crippen LogP contribution is 2.33. The van der Waals surface area contributed by atoms with Crippen LogP contribution in [0.15, 0.2) is 47.6 Å². The molecule has 2 amide bonds. The first-order chi connectivity index (χ1) is 16.3. The van der Waals surface area contributed by atoms with Gasteiger partial charge in [0.05, 0.1) is 12.0 Å². The van der Waals surface area contributed by atoms with E-state index in [1.165, 1.54) is 24.3 Å². The Labute approximate surface area is 199 Å². The summed E-state index contributed by atoms with van der Waals surface area (Å²) in [6.45, 7) is 2.00. The molecule has 11 heteroatoms. The predicted molar refractivity (Wildman–Crippen MR) is 127 cm³/mol. The van der Waals surface area contributed by atoms with Gasteiger partial charge in [0.15, 0.2) is 16.7 Å². The summed E-state index contributed by atoms with van der Waals surface area (Å²) < 4.78 is 10.7. The number of carbonyl (C=O) groups is 3. The van der Waals surface area contributed by atoms with Gasteiger partial charge in [-0.3, -0.25) is 15.0 Å². The largest absolute Gasteiger partial charge is 0.478 e. The summed E-state index contributed by atoms with van der Waals surface area (Å²) in [5.41, 5.74) is 2.23. The summed E-state index contributed by atoms with van der Waals surface area (Å²) in [5.74, 6) is -0.513. The van der Waals surface area contributed by atoms with Crippen LogP contribution in [-0.2, 0) is 16.0 Å². The number of carboxylic acids is 1. The van der Waals surface area contributed by atoms with E-state index < -0.39 is 23.0 Å². The maximum atomic E-state index is 12.6. The average Bonchev–Trinajstić information content (AvgIpc) is 3.28. The number of ether oxygens (including phenoxy) is 2. The Morgan fingerprint density at radius 1 is 1.21 bits per heavy atom. The number of nitrogens with zero attached hydrogens (tertiary/aromatic N) is 2. The molecule has 1 atom stereocenters. The molecule has 3 N–H and O–H groups in total. The van der Waals surface area contributed by atoms with Gasteiger partial charge in [-0.2, -0.15) is 10.1 Å². The molecular formula is C23H22N4O6S. The molecule has 10 nitrogen and oxygen atoms in total. The SMILES string of the molecule is CC(CCc1ccc2c(c1)OCO2)=NN1C(=N)SC(C(=O)Nc2ccc(C(=O)O)cc2)CC1=O. The Balaban J connectivity index is 1.32. The Hall–Kier alpha value is -3.86. The molecule has 1 saturated heterocycles. The Morgan fingerprint density at radius 3 is 2.65 bits per heavy atom. The minimum absolute atomic E-state index is 0.101. The number of carboxylic acid groups (broad SMARTS) is 1. The highest BCUT2D eigenvalue weighted by atomic mass is 32.2. The molecule has 0 spiro atoms. The number of amidine groups is 1. The lowest BCUT2D eigenvalue weighted by atomic mass is 10.1. The van der Waals surface area contributed by atoms with Crippen molar-refractivity contribution in [1.82, 2.24) is 5.01 Å². The molecule has 2 aliphatic rings. The highest BCUT2D eigenvalue weighted by Gasteiger charge is 2.35. The number of fused-ring (bicyclic) bond motifs is 1. The van der Waals surface area contributed by atoms with E-state index in [1.807, 2.05) is 18.2 Å². The van der Waals surface area contributed by atoms with Crippen molar-refractivity contribution in [3.63, 3.8) is 0 Å². The third-order valence-corrected chi connectivity index (χ3v) is 6.28. The zero-order chi connectivity index (χ0) is 24.2. The monoisotopic (exact) mass is 482 g/mol. The van der Waals surface area contributed by atoms with Gasteiger partial charge in [-0.05, 0) is 61.7 Å². The molecule has 176 valence electrons. The van der Waals surface area contributed by atoms with E-state index >= 15 is 0 Å². The summed E-state index contributed by atoms with van der Waals surface area (Å²) in [7, 11) is 0. The van der Waals surface area contributed by atoms with Crippen LogP contribution in [0.3, 0.4) is 0 Å². The van der Waals surface area contributed by atoms with Crippen molar-refractivity contribution >= 4 is 46.1 Å². The number of nitrogens with one attached hydrogen (secondary N) is 2. The van der Waals surface area contributed by atoms with Crippen LogP contribution < -0.4 is 14.8 Å². The topological polar surface area (TPSA) is 141 Å². The van der Waals surface area contributed by atoms with Gasteiger partial charge in [0.2, 0.25) is 12.7 Å². The van der Waals surface area contributed by atoms with Crippen molar-refractivity contribution in [1.29, 1.82) is 5.41 Å². The van der Waals surface area contributed by atoms with Gasteiger partial charge in [0.1, 0.15) is 5.25 Å². The standard InChI is InChI=1S/C23H22N4O6S/c1-13(2-3-14-4-9-17-18(10-14)33-12-32-17)26-27-20(28)11-19(34-23(27)24)21(29)25-16-7-5-15(6-8-16)22(30)31/h4-10,19,24H,2-3,11-12H2,1H3,(H,25,29)(H,30,31). The number of hydrogen-bond donors (Lipinski definition) is 3. The van der Waals surface area contributed by atoms with E-state index in [2.05, 4.69) is 10.4 Å². The van der Waals surface area contributed by atoms with Gasteiger partial charge in [-0.1, -0.05) is 17.8 Å². The molecule has 0 saturated carbocycles. The fourth-order valence-electron chi connectivity index (χ4n) is 3.39. The number of aromatic carboxylic acids is 1. The molecule has 0 bridgehead atoms. The van der Waals surface area contributed by atoms with E-state index in [9.17, 15) is 14.4 Å². The molecule has 4 rings (SSSR count). The van der Waals surface area contributed by atoms with E-state index in [0.29, 0.717) is 30.0 Å². The average molecular weight is 483 g/mol. The summed E-state index contributed by atoms with van der Waals surface area (Å²) in [5, 5.41) is 24.3. The summed E-state index contributed by atoms with van der Waals surface area (Å²) in [4.78, 5) is 36.1. The van der Waals surface area contributed by atoms with E-state index in [4.69, 9.17) is 20.0 Å². The van der Waals surface area contributed by atoms with Crippen molar-refractivity contribution in [3.8, 4) is 11.5 Å². The highest BCUT2D eigenvalue weighted by molar-refractivity contribution is 8.14. The van der Waals surface area contributed by atoms with Crippen LogP contribution in [0.2, 0.25) is 0 Å². The van der Waals surface area contributed by atoms with E-state index in [1.54, 1.807) is 6.92 Å². The second-order valence-electron chi connectivity index (χ2n) is 7.72. The molecule has 2 aromatic carbocycles. The minimum atomic E-state index is -1.06. The first-order valence-corrected chi connectivity index (χ1v) is 11.3. The van der Waals surface area contributed by atoms with E-state index in [0.717, 1.165) is 28.1 Å². The van der Waals surface area contributed by atoms with Crippen LogP contribution in [0.25, 0.3) is 0 Å². The molecule has 1 unspecified atom stereocenters. The smallest absolute Gasteiger partial charge is 0.335 e. The van der Waals surface area contributed by atoms with Crippen molar-refractivity contribution < 1.29 is 29.0 Å². The lowest BCUT2D eigenvalue weighted by molar-refractivity contribution is -0.129. The summed E-state index contributed by atoms with van der Waals surface area (Å²) in [6, 6.07) is 11.4. The van der Waals surface area contributed by atoms with Crippen LogP contribution >= 0.6 is 11.8 Å². The normalized spacial score (nSPS) is 17.6. The van der Waals surface area contributed by atoms with Crippen LogP contribution in [0, 0.1) is 5.41 Å². The lowest BCUT2D eigenvalue weighted by Crippen LogP contribution is -2.42. The quantitative estimate of drug-likeness (QED) is 0.514. The molecule has 2 heterocycles. The fourth-order valence-corrected chi connectivity index (χ4v) is 4.30. The maximum absolute atomic E-state index is 12.6. The van der Waals surface area contributed by atoms with Gasteiger partial charge >= 0.3 is 5.97 Å². The second kappa shape index (κ2) is 9.96. The molecular weight excluding hydrogens is 460 g/mol. The third kappa shape index (κ3) is 5.37. The molecule has 1 fully saturated rings. The van der Waals surface area contributed by atoms with Gasteiger partial charge in [-0.15, -0.1) is 0 Å². The van der Waals surface area contributed by atoms with Gasteiger partial charge in [0.25, 0.3) is 5.91 Å². The van der Waals surface area contributed by atoms with Crippen LogP contribution in [-0.4, -0.2) is 50.8 Å². The molecule has 2 aromatic rings. The Kier molecular flexibility index (Phi) is 6.82. The number of benzene rings is 2. The molecule has 0 aliphatic carbocycles. The Bertz CT molecular complexity index is 1160. The number of rotatable bonds is 7. The number of aryl methyl sites for hydroxylation is 1. The first kappa shape index (κ1) is 23.3. The Morgan fingerprint density at radius 2 is 1.94 bits per heavy atom. The maximum Gasteiger partial charge on any atom is 0.335 e. The number of amides is 2. The first-order valence-electron chi connectivity index (χ1n) is 10.4. The number of anilines is 1. The summed E-state index contributed by atoms with van der Waals surface area (Å²) >= 11 is 0.948. The third-order valence-electron chi connectivity index (χ3n) is 5.22. The molecule has 0 radical (unpaired) electrons. The zero-order valence-corrected chi connectivity index (χ0v) is 19.1. The second-order valence-corrected chi connectivity index (χ2v) is 8.91. The van der Waals surface area contributed by atoms with Gasteiger partial charge in [0, 0.05) is 11.4 Å². The number of hydrogen-bond acceptors (Lipinski definition) is 8. The lowest BCUT2D eigenvalue weighted by Gasteiger charge is -2.27. The van der Waals surface area contributed by atoms with Crippen LogP contribution in [0.1, 0.15) is 35.7 Å². The zero-order valence-electron chi connectivity index (χ0n) is 18.2. The van der Waals surface area contributed by atoms with Crippen molar-refractivity contribution in [2.75, 3.05) is 12.1 Å². The van der Waals surface area contributed by atoms with E-state index in [-0.39, 0.29) is 23.9 Å². The number of thioether (sulfide) groups is 1. The molecule has 34 heavy (non-hydrogen) atoms. The van der Waals surface area contributed by atoms with Crippen molar-refractivity contribution in [2.45, 2.75) is 31.4 Å². The van der Waals surface area contributed by atoms with Gasteiger partial charge in [-0.25, -0.2) is 4.79 Å². The van der Waals surface area contributed by atoms with Crippen LogP contribution in [0.4, 0.5) is 5.69 Å². The number of hydrazone groups is 1. The fraction of sp³-hybridized carbons (Fsp3) is 0.261. The van der Waals surface area contributed by atoms with Crippen molar-refractivity contribution in [3.05, 3.63) is 53.6 Å². The van der Waals surface area contributed by atoms with Crippen LogP contribution in [0.5, 0.6) is 11.5 Å². The summed E-state index contributed by atoms with van der Waals surface area (Å²) in [6.07, 6.45) is 1.16. The predicted octanol–water partition coefficient (Wildman–Crippen LogP) is 3.33. The minimum Gasteiger partial charge on any atom is -0.478 e. The van der Waals surface area contributed by atoms with Crippen molar-refractivity contribution in [2.24, 2.45) is 5.10 Å². The molecule has 2 aliphatic heterocycles. The number of carbonyl (C=O) groups excluding carboxylic acids is 2. The molecule has 0 aromatic heterocycles. The van der Waals surface area contributed by atoms with Gasteiger partial charge < -0.3 is 19.9 Å².